The first kappa shape index (κ1) is 13.4. The molecule has 0 radical (unpaired) electrons. The average molecular weight is 286 g/mol. The van der Waals surface area contributed by atoms with Gasteiger partial charge in [-0.25, -0.2) is 9.97 Å². The van der Waals surface area contributed by atoms with E-state index in [1.54, 1.807) is 6.33 Å². The smallest absolute Gasteiger partial charge is 0.129 e. The number of hydrogen-bond acceptors (Lipinski definition) is 3. The van der Waals surface area contributed by atoms with Crippen molar-refractivity contribution in [3.05, 3.63) is 18.1 Å². The van der Waals surface area contributed by atoms with Crippen molar-refractivity contribution < 1.29 is 0 Å². The van der Waals surface area contributed by atoms with Crippen molar-refractivity contribution in [2.24, 2.45) is 0 Å². The van der Waals surface area contributed by atoms with Gasteiger partial charge in [0.15, 0.2) is 0 Å². The van der Waals surface area contributed by atoms with Gasteiger partial charge in [0.1, 0.15) is 12.1 Å². The van der Waals surface area contributed by atoms with Gasteiger partial charge in [-0.3, -0.25) is 0 Å². The third kappa shape index (κ3) is 4.92. The molecule has 0 amide bonds. The quantitative estimate of drug-likeness (QED) is 0.781. The summed E-state index contributed by atoms with van der Waals surface area (Å²) in [5.41, 5.74) is 1.12. The van der Waals surface area contributed by atoms with Gasteiger partial charge in [0.2, 0.25) is 0 Å². The van der Waals surface area contributed by atoms with E-state index in [4.69, 9.17) is 0 Å². The highest BCUT2D eigenvalue weighted by Gasteiger charge is 2.01. The van der Waals surface area contributed by atoms with Crippen LogP contribution in [0.4, 0.5) is 5.82 Å². The van der Waals surface area contributed by atoms with E-state index in [-0.39, 0.29) is 0 Å². The molecule has 16 heavy (non-hydrogen) atoms. The molecule has 0 aliphatic carbocycles. The van der Waals surface area contributed by atoms with E-state index >= 15 is 0 Å². The lowest BCUT2D eigenvalue weighted by Gasteiger charge is -2.09. The topological polar surface area (TPSA) is 37.8 Å². The predicted molar refractivity (Wildman–Crippen MR) is 72.1 cm³/mol. The van der Waals surface area contributed by atoms with Gasteiger partial charge < -0.3 is 5.32 Å². The summed E-state index contributed by atoms with van der Waals surface area (Å²) in [6.45, 7) is 5.29. The van der Waals surface area contributed by atoms with Crippen molar-refractivity contribution in [3.63, 3.8) is 0 Å². The highest BCUT2D eigenvalue weighted by atomic mass is 79.9. The van der Waals surface area contributed by atoms with Gasteiger partial charge in [-0.05, 0) is 19.3 Å². The molecule has 1 N–H and O–H groups in total. The maximum atomic E-state index is 4.23. The zero-order valence-electron chi connectivity index (χ0n) is 10.0. The van der Waals surface area contributed by atoms with Crippen LogP contribution in [0.3, 0.4) is 0 Å². The Morgan fingerprint density at radius 1 is 1.38 bits per heavy atom. The van der Waals surface area contributed by atoms with Gasteiger partial charge in [-0.2, -0.15) is 0 Å². The minimum atomic E-state index is 0.594. The van der Waals surface area contributed by atoms with Gasteiger partial charge in [0.05, 0.1) is 0 Å². The van der Waals surface area contributed by atoms with E-state index in [1.165, 1.54) is 0 Å². The Bertz CT molecular complexity index is 304. The molecule has 1 heterocycles. The number of aromatic nitrogens is 2. The number of hydrogen-bond donors (Lipinski definition) is 1. The number of alkyl halides is 1. The molecule has 1 rings (SSSR count). The fourth-order valence-corrected chi connectivity index (χ4v) is 1.68. The molecule has 3 nitrogen and oxygen atoms in total. The molecule has 90 valence electrons. The Balaban J connectivity index is 2.38. The molecule has 1 aromatic heterocycles. The minimum Gasteiger partial charge on any atom is -0.370 e. The Morgan fingerprint density at radius 3 is 2.88 bits per heavy atom. The van der Waals surface area contributed by atoms with Crippen LogP contribution in [0.1, 0.15) is 38.8 Å². The maximum absolute atomic E-state index is 4.23. The second kappa shape index (κ2) is 7.60. The van der Waals surface area contributed by atoms with Crippen LogP contribution in [0.2, 0.25) is 0 Å². The molecule has 0 aliphatic rings. The summed E-state index contributed by atoms with van der Waals surface area (Å²) in [4.78, 5) is 9.03. The van der Waals surface area contributed by atoms with E-state index in [9.17, 15) is 0 Å². The van der Waals surface area contributed by atoms with E-state index in [0.717, 1.165) is 43.7 Å². The van der Waals surface area contributed by atoms with Crippen LogP contribution in [-0.2, 0) is 6.42 Å². The molecule has 1 atom stereocenters. The molecule has 0 bridgehead atoms. The summed E-state index contributed by atoms with van der Waals surface area (Å²) < 4.78 is 0. The van der Waals surface area contributed by atoms with Crippen LogP contribution in [0.5, 0.6) is 0 Å². The fraction of sp³-hybridized carbons (Fsp3) is 0.667. The van der Waals surface area contributed by atoms with Crippen molar-refractivity contribution in [1.29, 1.82) is 0 Å². The van der Waals surface area contributed by atoms with Crippen LogP contribution in [0.25, 0.3) is 0 Å². The molecular formula is C12H20BrN3. The Hall–Kier alpha value is -0.640. The van der Waals surface area contributed by atoms with Gasteiger partial charge in [0, 0.05) is 23.1 Å². The minimum absolute atomic E-state index is 0.594. The molecule has 0 fully saturated rings. The molecule has 0 saturated carbocycles. The van der Waals surface area contributed by atoms with Crippen molar-refractivity contribution >= 4 is 21.7 Å². The average Bonchev–Trinajstić information content (AvgIpc) is 2.30. The summed E-state index contributed by atoms with van der Waals surface area (Å²) in [6.07, 6.45) is 6.05. The summed E-state index contributed by atoms with van der Waals surface area (Å²) in [7, 11) is 0. The van der Waals surface area contributed by atoms with Gasteiger partial charge in [-0.15, -0.1) is 0 Å². The Kier molecular flexibility index (Phi) is 6.38. The standard InChI is InChI=1S/C12H20BrN3/c1-3-5-11-8-12(16-9-15-11)14-7-6-10(13)4-2/h8-10H,3-7H2,1-2H3,(H,14,15,16). The molecule has 4 heteroatoms. The molecule has 0 aliphatic heterocycles. The second-order valence-corrected chi connectivity index (χ2v) is 5.16. The van der Waals surface area contributed by atoms with E-state index in [2.05, 4.69) is 45.1 Å². The summed E-state index contributed by atoms with van der Waals surface area (Å²) in [5.74, 6) is 0.939. The van der Waals surface area contributed by atoms with Crippen LogP contribution in [-0.4, -0.2) is 21.3 Å². The van der Waals surface area contributed by atoms with Crippen molar-refractivity contribution in [2.45, 2.75) is 44.4 Å². The lowest BCUT2D eigenvalue weighted by molar-refractivity contribution is 0.771. The summed E-state index contributed by atoms with van der Waals surface area (Å²) in [6, 6.07) is 2.04. The van der Waals surface area contributed by atoms with Crippen LogP contribution < -0.4 is 5.32 Å². The molecule has 1 aromatic rings. The van der Waals surface area contributed by atoms with Crippen molar-refractivity contribution in [2.75, 3.05) is 11.9 Å². The van der Waals surface area contributed by atoms with Crippen molar-refractivity contribution in [3.8, 4) is 0 Å². The first-order valence-electron chi connectivity index (χ1n) is 5.95. The van der Waals surface area contributed by atoms with E-state index in [1.807, 2.05) is 6.07 Å². The molecular weight excluding hydrogens is 266 g/mol. The second-order valence-electron chi connectivity index (χ2n) is 3.87. The number of rotatable bonds is 7. The Labute approximate surface area is 106 Å². The Morgan fingerprint density at radius 2 is 2.19 bits per heavy atom. The highest BCUT2D eigenvalue weighted by Crippen LogP contribution is 2.10. The SMILES string of the molecule is CCCc1cc(NCCC(Br)CC)ncn1. The lowest BCUT2D eigenvalue weighted by Crippen LogP contribution is -2.09. The monoisotopic (exact) mass is 285 g/mol. The first-order chi connectivity index (χ1) is 7.76. The van der Waals surface area contributed by atoms with Crippen LogP contribution >= 0.6 is 15.9 Å². The zero-order valence-corrected chi connectivity index (χ0v) is 11.6. The molecule has 0 aromatic carbocycles. The fourth-order valence-electron chi connectivity index (χ4n) is 1.45. The third-order valence-corrected chi connectivity index (χ3v) is 3.54. The summed E-state index contributed by atoms with van der Waals surface area (Å²) in [5, 5.41) is 3.33. The zero-order chi connectivity index (χ0) is 11.8. The predicted octanol–water partition coefficient (Wildman–Crippen LogP) is 3.40. The van der Waals surface area contributed by atoms with Gasteiger partial charge in [0.25, 0.3) is 0 Å². The van der Waals surface area contributed by atoms with Gasteiger partial charge in [-0.1, -0.05) is 36.2 Å². The largest absolute Gasteiger partial charge is 0.370 e. The number of nitrogens with one attached hydrogen (secondary N) is 1. The van der Waals surface area contributed by atoms with Crippen LogP contribution in [0, 0.1) is 0 Å². The van der Waals surface area contributed by atoms with E-state index in [0.29, 0.717) is 4.83 Å². The van der Waals surface area contributed by atoms with Crippen LogP contribution in [0.15, 0.2) is 12.4 Å². The lowest BCUT2D eigenvalue weighted by atomic mass is 10.2. The van der Waals surface area contributed by atoms with E-state index < -0.39 is 0 Å². The number of nitrogens with zero attached hydrogens (tertiary/aromatic N) is 2. The van der Waals surface area contributed by atoms with Crippen molar-refractivity contribution in [1.82, 2.24) is 9.97 Å². The molecule has 1 unspecified atom stereocenters. The summed E-state index contributed by atoms with van der Waals surface area (Å²) >= 11 is 3.62. The molecule has 0 spiro atoms. The first-order valence-corrected chi connectivity index (χ1v) is 6.86. The normalized spacial score (nSPS) is 12.4. The highest BCUT2D eigenvalue weighted by molar-refractivity contribution is 9.09. The maximum Gasteiger partial charge on any atom is 0.129 e. The number of halogens is 1. The third-order valence-electron chi connectivity index (χ3n) is 2.44. The van der Waals surface area contributed by atoms with Gasteiger partial charge >= 0.3 is 0 Å². The number of anilines is 1. The number of aryl methyl sites for hydroxylation is 1. The molecule has 0 saturated heterocycles.